The number of hydrogen-bond donors (Lipinski definition) is 1. The predicted octanol–water partition coefficient (Wildman–Crippen LogP) is 3.77. The van der Waals surface area contributed by atoms with Gasteiger partial charge in [0.2, 0.25) is 0 Å². The number of benzene rings is 1. The van der Waals surface area contributed by atoms with E-state index in [2.05, 4.69) is 6.58 Å². The van der Waals surface area contributed by atoms with Gasteiger partial charge in [-0.1, -0.05) is 18.7 Å². The summed E-state index contributed by atoms with van der Waals surface area (Å²) in [6.45, 7) is 5.71. The van der Waals surface area contributed by atoms with Crippen LogP contribution in [-0.2, 0) is 4.74 Å². The van der Waals surface area contributed by atoms with Crippen molar-refractivity contribution in [3.63, 3.8) is 0 Å². The van der Waals surface area contributed by atoms with Gasteiger partial charge in [0.05, 0.1) is 0 Å². The Hall–Kier alpha value is -1.77. The highest BCUT2D eigenvalue weighted by molar-refractivity contribution is 5.93. The molecule has 2 aliphatic carbocycles. The Kier molecular flexibility index (Phi) is 3.08. The lowest BCUT2D eigenvalue weighted by atomic mass is 9.85. The summed E-state index contributed by atoms with van der Waals surface area (Å²) in [6.07, 6.45) is 6.17. The highest BCUT2D eigenvalue weighted by Crippen LogP contribution is 2.52. The van der Waals surface area contributed by atoms with E-state index in [1.54, 1.807) is 18.2 Å². The Labute approximate surface area is 119 Å². The maximum absolute atomic E-state index is 12.4. The van der Waals surface area contributed by atoms with E-state index in [-0.39, 0.29) is 16.9 Å². The Morgan fingerprint density at radius 2 is 2.30 bits per heavy atom. The van der Waals surface area contributed by atoms with E-state index in [1.807, 2.05) is 6.92 Å². The lowest BCUT2D eigenvalue weighted by molar-refractivity contribution is -0.0372. The molecule has 2 saturated carbocycles. The van der Waals surface area contributed by atoms with Gasteiger partial charge in [-0.2, -0.15) is 0 Å². The minimum Gasteiger partial charge on any atom is -0.507 e. The number of phenolic OH excluding ortho intramolecular Hbond substituents is 1. The standard InChI is InChI=1S/C17H20O3/c1-3-11-5-7-15(18)14(9-11)16(19)20-17(2)10-12-4-6-13(17)8-12/h3,5,7,9,12-13,18H,1,4,6,8,10H2,2H3. The van der Waals surface area contributed by atoms with Gasteiger partial charge in [0.25, 0.3) is 0 Å². The third-order valence-electron chi connectivity index (χ3n) is 4.90. The van der Waals surface area contributed by atoms with Crippen LogP contribution in [0.2, 0.25) is 0 Å². The van der Waals surface area contributed by atoms with Crippen molar-refractivity contribution in [1.29, 1.82) is 0 Å². The van der Waals surface area contributed by atoms with Crippen molar-refractivity contribution >= 4 is 12.0 Å². The fraction of sp³-hybridized carbons (Fsp3) is 0.471. The van der Waals surface area contributed by atoms with E-state index in [0.29, 0.717) is 11.8 Å². The van der Waals surface area contributed by atoms with Crippen molar-refractivity contribution in [2.24, 2.45) is 11.8 Å². The molecule has 1 aromatic rings. The van der Waals surface area contributed by atoms with Crippen LogP contribution in [-0.4, -0.2) is 16.7 Å². The number of ether oxygens (including phenoxy) is 1. The van der Waals surface area contributed by atoms with Gasteiger partial charge in [0.1, 0.15) is 16.9 Å². The molecule has 0 amide bonds. The van der Waals surface area contributed by atoms with Crippen LogP contribution >= 0.6 is 0 Å². The Morgan fingerprint density at radius 1 is 1.50 bits per heavy atom. The molecular formula is C17H20O3. The summed E-state index contributed by atoms with van der Waals surface area (Å²) in [5, 5.41) is 9.86. The average molecular weight is 272 g/mol. The number of aromatic hydroxyl groups is 1. The van der Waals surface area contributed by atoms with Gasteiger partial charge in [0, 0.05) is 0 Å². The molecule has 1 N–H and O–H groups in total. The number of esters is 1. The van der Waals surface area contributed by atoms with Gasteiger partial charge in [-0.15, -0.1) is 0 Å². The van der Waals surface area contributed by atoms with E-state index >= 15 is 0 Å². The number of carbonyl (C=O) groups is 1. The molecule has 3 heteroatoms. The van der Waals surface area contributed by atoms with Crippen LogP contribution in [0.15, 0.2) is 24.8 Å². The van der Waals surface area contributed by atoms with Crippen molar-refractivity contribution in [2.45, 2.75) is 38.2 Å². The molecule has 20 heavy (non-hydrogen) atoms. The lowest BCUT2D eigenvalue weighted by Crippen LogP contribution is -2.37. The Morgan fingerprint density at radius 3 is 2.90 bits per heavy atom. The first-order chi connectivity index (χ1) is 9.51. The second-order valence-electron chi connectivity index (χ2n) is 6.26. The summed E-state index contributed by atoms with van der Waals surface area (Å²) in [5.74, 6) is 0.709. The van der Waals surface area contributed by atoms with E-state index in [4.69, 9.17) is 4.74 Å². The third kappa shape index (κ3) is 2.11. The first-order valence-electron chi connectivity index (χ1n) is 7.20. The first-order valence-corrected chi connectivity index (χ1v) is 7.20. The van der Waals surface area contributed by atoms with Gasteiger partial charge in [0.15, 0.2) is 0 Å². The molecular weight excluding hydrogens is 252 g/mol. The van der Waals surface area contributed by atoms with Crippen LogP contribution in [0.4, 0.5) is 0 Å². The molecule has 0 radical (unpaired) electrons. The van der Waals surface area contributed by atoms with Crippen LogP contribution in [0.3, 0.4) is 0 Å². The summed E-state index contributed by atoms with van der Waals surface area (Å²) in [5.41, 5.74) is 0.663. The number of phenols is 1. The minimum absolute atomic E-state index is 0.0349. The molecule has 3 unspecified atom stereocenters. The highest BCUT2D eigenvalue weighted by atomic mass is 16.6. The normalized spacial score (nSPS) is 31.2. The van der Waals surface area contributed by atoms with Crippen LogP contribution in [0.5, 0.6) is 5.75 Å². The lowest BCUT2D eigenvalue weighted by Gasteiger charge is -2.33. The maximum atomic E-state index is 12.4. The zero-order valence-electron chi connectivity index (χ0n) is 11.8. The molecule has 2 fully saturated rings. The number of carbonyl (C=O) groups excluding carboxylic acids is 1. The Bertz CT molecular complexity index is 563. The SMILES string of the molecule is C=Cc1ccc(O)c(C(=O)OC2(C)CC3CCC2C3)c1. The number of fused-ring (bicyclic) bond motifs is 2. The van der Waals surface area contributed by atoms with Crippen LogP contribution < -0.4 is 0 Å². The van der Waals surface area contributed by atoms with Crippen molar-refractivity contribution in [3.8, 4) is 5.75 Å². The van der Waals surface area contributed by atoms with Crippen LogP contribution in [0, 0.1) is 11.8 Å². The molecule has 3 nitrogen and oxygen atoms in total. The smallest absolute Gasteiger partial charge is 0.342 e. The van der Waals surface area contributed by atoms with E-state index in [9.17, 15) is 9.90 Å². The van der Waals surface area contributed by atoms with Crippen molar-refractivity contribution in [2.75, 3.05) is 0 Å². The van der Waals surface area contributed by atoms with Gasteiger partial charge in [-0.25, -0.2) is 4.79 Å². The van der Waals surface area contributed by atoms with Crippen LogP contribution in [0.25, 0.3) is 6.08 Å². The molecule has 3 rings (SSSR count). The third-order valence-corrected chi connectivity index (χ3v) is 4.90. The molecule has 0 saturated heterocycles. The van der Waals surface area contributed by atoms with Crippen molar-refractivity contribution < 1.29 is 14.6 Å². The molecule has 1 aromatic carbocycles. The highest BCUT2D eigenvalue weighted by Gasteiger charge is 2.50. The fourth-order valence-electron chi connectivity index (χ4n) is 3.79. The summed E-state index contributed by atoms with van der Waals surface area (Å²) in [6, 6.07) is 4.86. The van der Waals surface area contributed by atoms with E-state index in [1.165, 1.54) is 18.9 Å². The summed E-state index contributed by atoms with van der Waals surface area (Å²) in [7, 11) is 0. The average Bonchev–Trinajstić information content (AvgIpc) is 2.99. The number of hydrogen-bond acceptors (Lipinski definition) is 3. The summed E-state index contributed by atoms with van der Waals surface area (Å²) < 4.78 is 5.77. The quantitative estimate of drug-likeness (QED) is 0.852. The molecule has 0 aromatic heterocycles. The van der Waals surface area contributed by atoms with Gasteiger partial charge in [-0.05, 0) is 62.1 Å². The van der Waals surface area contributed by atoms with Crippen LogP contribution in [0.1, 0.15) is 48.5 Å². The topological polar surface area (TPSA) is 46.5 Å². The monoisotopic (exact) mass is 272 g/mol. The van der Waals surface area contributed by atoms with E-state index in [0.717, 1.165) is 18.4 Å². The maximum Gasteiger partial charge on any atom is 0.342 e. The molecule has 0 heterocycles. The molecule has 2 aliphatic rings. The second-order valence-corrected chi connectivity index (χ2v) is 6.26. The first kappa shape index (κ1) is 13.2. The van der Waals surface area contributed by atoms with Crippen molar-refractivity contribution in [1.82, 2.24) is 0 Å². The van der Waals surface area contributed by atoms with Crippen molar-refractivity contribution in [3.05, 3.63) is 35.9 Å². The largest absolute Gasteiger partial charge is 0.507 e. The second kappa shape index (κ2) is 4.65. The molecule has 0 spiro atoms. The minimum atomic E-state index is -0.429. The zero-order chi connectivity index (χ0) is 14.3. The zero-order valence-corrected chi connectivity index (χ0v) is 11.8. The van der Waals surface area contributed by atoms with Gasteiger partial charge >= 0.3 is 5.97 Å². The predicted molar refractivity (Wildman–Crippen MR) is 77.5 cm³/mol. The summed E-state index contributed by atoms with van der Waals surface area (Å²) >= 11 is 0. The van der Waals surface area contributed by atoms with Gasteiger partial charge < -0.3 is 9.84 Å². The fourth-order valence-corrected chi connectivity index (χ4v) is 3.79. The molecule has 0 aliphatic heterocycles. The molecule has 2 bridgehead atoms. The number of rotatable bonds is 3. The summed E-state index contributed by atoms with van der Waals surface area (Å²) in [4.78, 5) is 12.4. The van der Waals surface area contributed by atoms with Gasteiger partial charge in [-0.3, -0.25) is 0 Å². The molecule has 106 valence electrons. The Balaban J connectivity index is 1.81. The van der Waals surface area contributed by atoms with E-state index < -0.39 is 5.97 Å². The molecule has 3 atom stereocenters.